The maximum atomic E-state index is 11.9. The fourth-order valence-electron chi connectivity index (χ4n) is 3.28. The van der Waals surface area contributed by atoms with Crippen LogP contribution in [0.5, 0.6) is 0 Å². The molecule has 9 nitrogen and oxygen atoms in total. The van der Waals surface area contributed by atoms with Crippen molar-refractivity contribution in [3.63, 3.8) is 0 Å². The SMILES string of the molecule is CCN(CC(=O)O)C1CC(Nc2cc(C)c([N+](=O)[O-])c(C(=O)OC)c2)C1. The largest absolute Gasteiger partial charge is 0.480 e. The highest BCUT2D eigenvalue weighted by Crippen LogP contribution is 2.32. The highest BCUT2D eigenvalue weighted by atomic mass is 16.6. The van der Waals surface area contributed by atoms with Crippen molar-refractivity contribution < 1.29 is 24.4 Å². The van der Waals surface area contributed by atoms with Crippen molar-refractivity contribution in [2.45, 2.75) is 38.8 Å². The van der Waals surface area contributed by atoms with Crippen LogP contribution < -0.4 is 5.32 Å². The number of carbonyl (C=O) groups excluding carboxylic acids is 1. The predicted octanol–water partition coefficient (Wildman–Crippen LogP) is 2.04. The van der Waals surface area contributed by atoms with Gasteiger partial charge in [-0.2, -0.15) is 0 Å². The van der Waals surface area contributed by atoms with Gasteiger partial charge in [-0.15, -0.1) is 0 Å². The Morgan fingerprint density at radius 2 is 2.08 bits per heavy atom. The standard InChI is InChI=1S/C17H23N3O6/c1-4-19(9-15(21)22)13-6-12(7-13)18-11-5-10(2)16(20(24)25)14(8-11)17(23)26-3/h5,8,12-13,18H,4,6-7,9H2,1-3H3,(H,21,22). The highest BCUT2D eigenvalue weighted by Gasteiger charge is 2.34. The Hall–Kier alpha value is -2.68. The van der Waals surface area contributed by atoms with E-state index in [9.17, 15) is 19.7 Å². The molecule has 2 rings (SSSR count). The first-order valence-corrected chi connectivity index (χ1v) is 8.36. The smallest absolute Gasteiger partial charge is 0.344 e. The van der Waals surface area contributed by atoms with E-state index in [1.807, 2.05) is 11.8 Å². The number of nitrogens with one attached hydrogen (secondary N) is 1. The normalized spacial score (nSPS) is 18.9. The maximum absolute atomic E-state index is 11.9. The molecule has 9 heteroatoms. The number of carbonyl (C=O) groups is 2. The molecular weight excluding hydrogens is 342 g/mol. The van der Waals surface area contributed by atoms with Crippen LogP contribution in [0.15, 0.2) is 12.1 Å². The van der Waals surface area contributed by atoms with Gasteiger partial charge in [0.05, 0.1) is 18.6 Å². The molecule has 0 amide bonds. The van der Waals surface area contributed by atoms with Gasteiger partial charge in [0.25, 0.3) is 5.69 Å². The highest BCUT2D eigenvalue weighted by molar-refractivity contribution is 5.95. The first-order chi connectivity index (χ1) is 12.3. The van der Waals surface area contributed by atoms with Crippen LogP contribution >= 0.6 is 0 Å². The van der Waals surface area contributed by atoms with Gasteiger partial charge in [-0.1, -0.05) is 6.92 Å². The number of hydrogen-bond donors (Lipinski definition) is 2. The molecule has 2 N–H and O–H groups in total. The van der Waals surface area contributed by atoms with E-state index in [2.05, 4.69) is 10.1 Å². The van der Waals surface area contributed by atoms with Crippen LogP contribution in [0.25, 0.3) is 0 Å². The molecule has 0 aromatic heterocycles. The molecule has 0 heterocycles. The Kier molecular flexibility index (Phi) is 6.14. The number of benzene rings is 1. The average Bonchev–Trinajstić information content (AvgIpc) is 2.53. The monoisotopic (exact) mass is 365 g/mol. The van der Waals surface area contributed by atoms with Gasteiger partial charge >= 0.3 is 11.9 Å². The number of carboxylic acid groups (broad SMARTS) is 1. The summed E-state index contributed by atoms with van der Waals surface area (Å²) in [5, 5.41) is 23.4. The minimum Gasteiger partial charge on any atom is -0.480 e. The summed E-state index contributed by atoms with van der Waals surface area (Å²) in [6, 6.07) is 3.37. The van der Waals surface area contributed by atoms with Gasteiger partial charge in [0.1, 0.15) is 5.56 Å². The third-order valence-electron chi connectivity index (χ3n) is 4.63. The summed E-state index contributed by atoms with van der Waals surface area (Å²) in [5.41, 5.74) is 0.639. The first-order valence-electron chi connectivity index (χ1n) is 8.36. The number of nitro benzene ring substituents is 1. The van der Waals surface area contributed by atoms with Gasteiger partial charge in [-0.05, 0) is 38.4 Å². The fourth-order valence-corrected chi connectivity index (χ4v) is 3.28. The zero-order valence-electron chi connectivity index (χ0n) is 15.0. The molecule has 0 radical (unpaired) electrons. The van der Waals surface area contributed by atoms with E-state index in [4.69, 9.17) is 5.11 Å². The van der Waals surface area contributed by atoms with E-state index in [0.29, 0.717) is 17.8 Å². The molecule has 0 atom stereocenters. The van der Waals surface area contributed by atoms with Crippen molar-refractivity contribution in [2.75, 3.05) is 25.5 Å². The summed E-state index contributed by atoms with van der Waals surface area (Å²) in [7, 11) is 1.18. The van der Waals surface area contributed by atoms with Crippen molar-refractivity contribution in [3.05, 3.63) is 33.4 Å². The van der Waals surface area contributed by atoms with Crippen LogP contribution in [-0.2, 0) is 9.53 Å². The van der Waals surface area contributed by atoms with Gasteiger partial charge in [0, 0.05) is 23.3 Å². The molecule has 1 fully saturated rings. The van der Waals surface area contributed by atoms with E-state index in [0.717, 1.165) is 12.8 Å². The second-order valence-electron chi connectivity index (χ2n) is 6.36. The number of anilines is 1. The maximum Gasteiger partial charge on any atom is 0.344 e. The van der Waals surface area contributed by atoms with Crippen LogP contribution in [0.2, 0.25) is 0 Å². The molecule has 0 saturated heterocycles. The van der Waals surface area contributed by atoms with Gasteiger partial charge in [0.15, 0.2) is 0 Å². The Morgan fingerprint density at radius 3 is 2.58 bits per heavy atom. The third kappa shape index (κ3) is 4.29. The lowest BCUT2D eigenvalue weighted by Crippen LogP contribution is -2.51. The number of nitrogens with zero attached hydrogens (tertiary/aromatic N) is 2. The second kappa shape index (κ2) is 8.13. The molecule has 1 aliphatic carbocycles. The Balaban J connectivity index is 2.10. The molecule has 0 spiro atoms. The van der Waals surface area contributed by atoms with E-state index in [1.54, 1.807) is 13.0 Å². The third-order valence-corrected chi connectivity index (χ3v) is 4.63. The molecule has 142 valence electrons. The molecule has 1 saturated carbocycles. The minimum atomic E-state index is -0.850. The van der Waals surface area contributed by atoms with Crippen LogP contribution in [0, 0.1) is 17.0 Å². The van der Waals surface area contributed by atoms with Gasteiger partial charge in [-0.25, -0.2) is 4.79 Å². The molecule has 0 aliphatic heterocycles. The molecule has 1 aromatic carbocycles. The molecular formula is C17H23N3O6. The number of carboxylic acids is 1. The number of nitro groups is 1. The van der Waals surface area contributed by atoms with E-state index < -0.39 is 16.9 Å². The van der Waals surface area contributed by atoms with Gasteiger partial charge < -0.3 is 15.2 Å². The number of esters is 1. The van der Waals surface area contributed by atoms with Crippen LogP contribution in [0.4, 0.5) is 11.4 Å². The summed E-state index contributed by atoms with van der Waals surface area (Å²) in [4.78, 5) is 35.3. The van der Waals surface area contributed by atoms with E-state index in [-0.39, 0.29) is 29.9 Å². The summed E-state index contributed by atoms with van der Waals surface area (Å²) < 4.78 is 4.65. The van der Waals surface area contributed by atoms with E-state index in [1.165, 1.54) is 13.2 Å². The number of aryl methyl sites for hydroxylation is 1. The molecule has 26 heavy (non-hydrogen) atoms. The summed E-state index contributed by atoms with van der Waals surface area (Å²) in [6.07, 6.45) is 1.54. The Morgan fingerprint density at radius 1 is 1.42 bits per heavy atom. The number of likely N-dealkylation sites (N-methyl/N-ethyl adjacent to an activating group) is 1. The number of ether oxygens (including phenoxy) is 1. The van der Waals surface area contributed by atoms with Crippen molar-refractivity contribution in [1.29, 1.82) is 0 Å². The van der Waals surface area contributed by atoms with Crippen LogP contribution in [0.3, 0.4) is 0 Å². The van der Waals surface area contributed by atoms with Crippen molar-refractivity contribution in [2.24, 2.45) is 0 Å². The lowest BCUT2D eigenvalue weighted by atomic mass is 9.85. The fraction of sp³-hybridized carbons (Fsp3) is 0.529. The number of rotatable bonds is 8. The average molecular weight is 365 g/mol. The molecule has 1 aromatic rings. The van der Waals surface area contributed by atoms with E-state index >= 15 is 0 Å². The zero-order valence-corrected chi connectivity index (χ0v) is 15.0. The van der Waals surface area contributed by atoms with Crippen molar-refractivity contribution in [1.82, 2.24) is 4.90 Å². The number of methoxy groups -OCH3 is 1. The lowest BCUT2D eigenvalue weighted by molar-refractivity contribution is -0.385. The van der Waals surface area contributed by atoms with Crippen LogP contribution in [0.1, 0.15) is 35.7 Å². The predicted molar refractivity (Wildman–Crippen MR) is 94.5 cm³/mol. The van der Waals surface area contributed by atoms with Gasteiger partial charge in [0.2, 0.25) is 0 Å². The minimum absolute atomic E-state index is 0.0109. The van der Waals surface area contributed by atoms with Crippen molar-refractivity contribution >= 4 is 23.3 Å². The topological polar surface area (TPSA) is 122 Å². The molecule has 1 aliphatic rings. The Labute approximate surface area is 151 Å². The van der Waals surface area contributed by atoms with Gasteiger partial charge in [-0.3, -0.25) is 19.8 Å². The number of aliphatic carboxylic acids is 1. The molecule has 0 bridgehead atoms. The van der Waals surface area contributed by atoms with Crippen LogP contribution in [-0.4, -0.2) is 59.2 Å². The van der Waals surface area contributed by atoms with Crippen molar-refractivity contribution in [3.8, 4) is 0 Å². The lowest BCUT2D eigenvalue weighted by Gasteiger charge is -2.42. The summed E-state index contributed by atoms with van der Waals surface area (Å²) in [5.74, 6) is -1.61. The quantitative estimate of drug-likeness (QED) is 0.408. The second-order valence-corrected chi connectivity index (χ2v) is 6.36. The number of hydrogen-bond acceptors (Lipinski definition) is 7. The molecule has 0 unspecified atom stereocenters. The zero-order chi connectivity index (χ0) is 19.4. The first kappa shape index (κ1) is 19.6. The summed E-state index contributed by atoms with van der Waals surface area (Å²) >= 11 is 0. The summed E-state index contributed by atoms with van der Waals surface area (Å²) in [6.45, 7) is 4.17. The Bertz CT molecular complexity index is 715.